The third kappa shape index (κ3) is 4.04. The molecule has 27 heavy (non-hydrogen) atoms. The van der Waals surface area contributed by atoms with E-state index in [0.717, 1.165) is 17.7 Å². The van der Waals surface area contributed by atoms with Crippen molar-refractivity contribution in [3.8, 4) is 6.07 Å². The van der Waals surface area contributed by atoms with Crippen LogP contribution in [0.5, 0.6) is 0 Å². The second-order valence-corrected chi connectivity index (χ2v) is 7.70. The Morgan fingerprint density at radius 1 is 1.33 bits per heavy atom. The van der Waals surface area contributed by atoms with Crippen molar-refractivity contribution in [3.05, 3.63) is 0 Å². The number of carbonyl (C=O) groups excluding carboxylic acids is 4. The number of imide groups is 1. The minimum atomic E-state index is -1.16. The lowest BCUT2D eigenvalue weighted by Crippen LogP contribution is -2.52. The number of hydrogen-bond donors (Lipinski definition) is 2. The van der Waals surface area contributed by atoms with Gasteiger partial charge in [0.05, 0.1) is 6.07 Å². The highest BCUT2D eigenvalue weighted by Crippen LogP contribution is 2.34. The van der Waals surface area contributed by atoms with Crippen molar-refractivity contribution >= 4 is 23.8 Å². The van der Waals surface area contributed by atoms with Crippen LogP contribution in [0.1, 0.15) is 53.4 Å². The first-order valence-electron chi connectivity index (χ1n) is 9.11. The minimum absolute atomic E-state index is 0.150. The van der Waals surface area contributed by atoms with Crippen LogP contribution in [0.4, 0.5) is 4.79 Å². The van der Waals surface area contributed by atoms with E-state index in [0.29, 0.717) is 12.8 Å². The van der Waals surface area contributed by atoms with E-state index in [2.05, 4.69) is 10.6 Å². The second-order valence-electron chi connectivity index (χ2n) is 7.70. The molecule has 0 radical (unpaired) electrons. The topological polar surface area (TPSA) is 129 Å². The molecule has 0 aromatic heterocycles. The molecule has 2 rings (SSSR count). The maximum atomic E-state index is 12.5. The molecule has 148 valence electrons. The van der Waals surface area contributed by atoms with Crippen molar-refractivity contribution in [2.45, 2.75) is 70.6 Å². The summed E-state index contributed by atoms with van der Waals surface area (Å²) in [5.74, 6) is -2.05. The number of urea groups is 1. The summed E-state index contributed by atoms with van der Waals surface area (Å²) in [6, 6.07) is 1.42. The van der Waals surface area contributed by atoms with Gasteiger partial charge < -0.3 is 15.4 Å². The zero-order valence-electron chi connectivity index (χ0n) is 16.1. The molecule has 1 saturated carbocycles. The van der Waals surface area contributed by atoms with Gasteiger partial charge in [-0.25, -0.2) is 4.79 Å². The molecular formula is C18H26N4O5. The molecule has 0 bridgehead atoms. The Morgan fingerprint density at radius 3 is 2.44 bits per heavy atom. The lowest BCUT2D eigenvalue weighted by Gasteiger charge is -2.28. The fourth-order valence-corrected chi connectivity index (χ4v) is 3.21. The molecule has 2 atom stereocenters. The van der Waals surface area contributed by atoms with Crippen LogP contribution in [-0.2, 0) is 19.1 Å². The van der Waals surface area contributed by atoms with Gasteiger partial charge in [0.25, 0.3) is 11.8 Å². The Morgan fingerprint density at radius 2 is 1.93 bits per heavy atom. The molecule has 1 heterocycles. The fourth-order valence-electron chi connectivity index (χ4n) is 3.21. The summed E-state index contributed by atoms with van der Waals surface area (Å²) in [5.41, 5.74) is -2.00. The van der Waals surface area contributed by atoms with Gasteiger partial charge in [-0.1, -0.05) is 26.7 Å². The van der Waals surface area contributed by atoms with Crippen molar-refractivity contribution in [1.82, 2.24) is 15.5 Å². The molecule has 1 aliphatic heterocycles. The van der Waals surface area contributed by atoms with Gasteiger partial charge in [0.15, 0.2) is 6.10 Å². The Balaban J connectivity index is 1.93. The minimum Gasteiger partial charge on any atom is -0.451 e. The van der Waals surface area contributed by atoms with Gasteiger partial charge >= 0.3 is 12.0 Å². The Kier molecular flexibility index (Phi) is 5.78. The number of amides is 4. The SMILES string of the molecule is CC(C)[C@](C)(C#N)NC(=O)[C@@H](C)OC(=O)CN1C(=O)NC2(CCCC2)C1=O. The zero-order chi connectivity index (χ0) is 20.4. The average molecular weight is 378 g/mol. The van der Waals surface area contributed by atoms with E-state index in [1.54, 1.807) is 20.8 Å². The van der Waals surface area contributed by atoms with Gasteiger partial charge in [-0.2, -0.15) is 5.26 Å². The zero-order valence-corrected chi connectivity index (χ0v) is 16.1. The molecule has 0 aromatic rings. The van der Waals surface area contributed by atoms with Crippen molar-refractivity contribution in [3.63, 3.8) is 0 Å². The normalized spacial score (nSPS) is 21.6. The number of nitriles is 1. The van der Waals surface area contributed by atoms with Gasteiger partial charge in [0, 0.05) is 0 Å². The first-order chi connectivity index (χ1) is 12.5. The van der Waals surface area contributed by atoms with E-state index in [4.69, 9.17) is 4.74 Å². The molecule has 9 nitrogen and oxygen atoms in total. The lowest BCUT2D eigenvalue weighted by atomic mass is 9.90. The maximum Gasteiger partial charge on any atom is 0.327 e. The summed E-state index contributed by atoms with van der Waals surface area (Å²) < 4.78 is 5.06. The smallest absolute Gasteiger partial charge is 0.327 e. The average Bonchev–Trinajstić information content (AvgIpc) is 3.15. The monoisotopic (exact) mass is 378 g/mol. The van der Waals surface area contributed by atoms with Crippen LogP contribution in [0.25, 0.3) is 0 Å². The highest BCUT2D eigenvalue weighted by atomic mass is 16.5. The molecular weight excluding hydrogens is 352 g/mol. The number of nitrogens with one attached hydrogen (secondary N) is 2. The van der Waals surface area contributed by atoms with Crippen molar-refractivity contribution in [1.29, 1.82) is 5.26 Å². The van der Waals surface area contributed by atoms with E-state index in [1.165, 1.54) is 6.92 Å². The summed E-state index contributed by atoms with van der Waals surface area (Å²) in [7, 11) is 0. The summed E-state index contributed by atoms with van der Waals surface area (Å²) in [5, 5.41) is 14.5. The standard InChI is InChI=1S/C18H26N4O5/c1-11(2)17(4,10-19)20-14(24)12(3)27-13(23)9-22-15(25)18(21-16(22)26)7-5-6-8-18/h11-12H,5-9H2,1-4H3,(H,20,24)(H,21,26)/t12-,17+/m1/s1. The predicted molar refractivity (Wildman–Crippen MR) is 94.0 cm³/mol. The molecule has 1 aliphatic carbocycles. The summed E-state index contributed by atoms with van der Waals surface area (Å²) in [4.78, 5) is 49.8. The van der Waals surface area contributed by atoms with Crippen LogP contribution in [-0.4, -0.2) is 52.4 Å². The molecule has 0 unspecified atom stereocenters. The van der Waals surface area contributed by atoms with E-state index in [9.17, 15) is 24.4 Å². The molecule has 2 fully saturated rings. The third-order valence-corrected chi connectivity index (χ3v) is 5.44. The van der Waals surface area contributed by atoms with Crippen LogP contribution in [0, 0.1) is 17.2 Å². The van der Waals surface area contributed by atoms with Gasteiger partial charge in [0.1, 0.15) is 17.6 Å². The van der Waals surface area contributed by atoms with Crippen molar-refractivity contribution < 1.29 is 23.9 Å². The van der Waals surface area contributed by atoms with Gasteiger partial charge in [0.2, 0.25) is 0 Å². The van der Waals surface area contributed by atoms with Crippen LogP contribution >= 0.6 is 0 Å². The van der Waals surface area contributed by atoms with E-state index in [1.807, 2.05) is 6.07 Å². The molecule has 1 saturated heterocycles. The third-order valence-electron chi connectivity index (χ3n) is 5.44. The lowest BCUT2D eigenvalue weighted by molar-refractivity contribution is -0.157. The second kappa shape index (κ2) is 7.55. The first-order valence-corrected chi connectivity index (χ1v) is 9.11. The van der Waals surface area contributed by atoms with E-state index in [-0.39, 0.29) is 5.92 Å². The largest absolute Gasteiger partial charge is 0.451 e. The molecule has 0 aromatic carbocycles. The van der Waals surface area contributed by atoms with Gasteiger partial charge in [-0.15, -0.1) is 0 Å². The number of hydrogen-bond acceptors (Lipinski definition) is 6. The Labute approximate surface area is 158 Å². The van der Waals surface area contributed by atoms with E-state index >= 15 is 0 Å². The Hall–Kier alpha value is -2.63. The summed E-state index contributed by atoms with van der Waals surface area (Å²) in [6.45, 7) is 5.98. The summed E-state index contributed by atoms with van der Waals surface area (Å²) >= 11 is 0. The number of nitrogens with zero attached hydrogens (tertiary/aromatic N) is 2. The van der Waals surface area contributed by atoms with Crippen molar-refractivity contribution in [2.24, 2.45) is 5.92 Å². The van der Waals surface area contributed by atoms with Gasteiger partial charge in [-0.3, -0.25) is 19.3 Å². The molecule has 9 heteroatoms. The molecule has 2 aliphatic rings. The maximum absolute atomic E-state index is 12.5. The number of rotatable bonds is 6. The highest BCUT2D eigenvalue weighted by Gasteiger charge is 2.52. The van der Waals surface area contributed by atoms with Crippen LogP contribution in [0.15, 0.2) is 0 Å². The number of esters is 1. The highest BCUT2D eigenvalue weighted by molar-refractivity contribution is 6.08. The van der Waals surface area contributed by atoms with Crippen LogP contribution in [0.2, 0.25) is 0 Å². The van der Waals surface area contributed by atoms with Gasteiger partial charge in [-0.05, 0) is 32.6 Å². The molecule has 2 N–H and O–H groups in total. The van der Waals surface area contributed by atoms with Crippen molar-refractivity contribution in [2.75, 3.05) is 6.54 Å². The first kappa shape index (κ1) is 20.7. The Bertz CT molecular complexity index is 692. The molecule has 1 spiro atoms. The predicted octanol–water partition coefficient (Wildman–Crippen LogP) is 0.837. The molecule has 4 amide bonds. The van der Waals surface area contributed by atoms with E-state index < -0.39 is 47.5 Å². The quantitative estimate of drug-likeness (QED) is 0.520. The summed E-state index contributed by atoms with van der Waals surface area (Å²) in [6.07, 6.45) is 1.64. The number of ether oxygens (including phenoxy) is 1. The van der Waals surface area contributed by atoms with Crippen LogP contribution < -0.4 is 10.6 Å². The number of carbonyl (C=O) groups is 4. The fraction of sp³-hybridized carbons (Fsp3) is 0.722. The van der Waals surface area contributed by atoms with Crippen LogP contribution in [0.3, 0.4) is 0 Å².